The second kappa shape index (κ2) is 9.11. The third-order valence-corrected chi connectivity index (χ3v) is 6.90. The van der Waals surface area contributed by atoms with Gasteiger partial charge < -0.3 is 10.3 Å². The van der Waals surface area contributed by atoms with Crippen molar-refractivity contribution in [1.29, 1.82) is 0 Å². The molecule has 3 aromatic rings. The van der Waals surface area contributed by atoms with Crippen molar-refractivity contribution in [3.05, 3.63) is 63.1 Å². The average molecular weight is 460 g/mol. The van der Waals surface area contributed by atoms with Crippen LogP contribution in [0.1, 0.15) is 16.9 Å². The molecule has 1 aliphatic heterocycles. The molecule has 9 heteroatoms. The van der Waals surface area contributed by atoms with E-state index in [-0.39, 0.29) is 30.6 Å². The number of carbonyl (C=O) groups is 2. The number of aromatic nitrogens is 1. The minimum atomic E-state index is -0.288. The number of carbonyl (C=O) groups excluding carboxylic acids is 2. The monoisotopic (exact) mass is 459 g/mol. The van der Waals surface area contributed by atoms with Crippen LogP contribution in [0.2, 0.25) is 0 Å². The number of nitrogens with one attached hydrogen (secondary N) is 2. The molecule has 1 aliphatic rings. The number of thioether (sulfide) groups is 1. The maximum atomic E-state index is 13.5. The fourth-order valence-corrected chi connectivity index (χ4v) is 5.22. The van der Waals surface area contributed by atoms with Gasteiger partial charge in [-0.2, -0.15) is 0 Å². The zero-order valence-electron chi connectivity index (χ0n) is 15.8. The highest BCUT2D eigenvalue weighted by molar-refractivity contribution is 8.26. The Morgan fingerprint density at radius 2 is 2.20 bits per heavy atom. The van der Waals surface area contributed by atoms with Crippen LogP contribution in [0.4, 0.5) is 4.39 Å². The lowest BCUT2D eigenvalue weighted by molar-refractivity contribution is -0.123. The van der Waals surface area contributed by atoms with Crippen LogP contribution in [0.5, 0.6) is 0 Å². The van der Waals surface area contributed by atoms with Crippen molar-refractivity contribution in [2.24, 2.45) is 0 Å². The molecule has 1 fully saturated rings. The van der Waals surface area contributed by atoms with E-state index >= 15 is 0 Å². The first-order valence-electron chi connectivity index (χ1n) is 9.32. The molecule has 2 N–H and O–H groups in total. The number of amides is 2. The van der Waals surface area contributed by atoms with E-state index in [1.165, 1.54) is 28.8 Å². The molecular formula is C21H18FN3O2S3. The Morgan fingerprint density at radius 3 is 3.00 bits per heavy atom. The first-order chi connectivity index (χ1) is 14.5. The van der Waals surface area contributed by atoms with Crippen molar-refractivity contribution < 1.29 is 14.0 Å². The second-order valence-corrected chi connectivity index (χ2v) is 9.36. The largest absolute Gasteiger partial charge is 0.361 e. The Labute approximate surface area is 186 Å². The highest BCUT2D eigenvalue weighted by atomic mass is 32.2. The highest BCUT2D eigenvalue weighted by Gasteiger charge is 2.32. The van der Waals surface area contributed by atoms with Crippen LogP contribution in [-0.2, 0) is 16.0 Å². The van der Waals surface area contributed by atoms with E-state index in [9.17, 15) is 14.0 Å². The Bertz CT molecular complexity index is 1140. The molecule has 1 saturated heterocycles. The van der Waals surface area contributed by atoms with Crippen LogP contribution in [0.15, 0.2) is 46.8 Å². The molecule has 0 bridgehead atoms. The molecule has 0 saturated carbocycles. The third kappa shape index (κ3) is 4.63. The molecule has 154 valence electrons. The van der Waals surface area contributed by atoms with Gasteiger partial charge in [0.05, 0.1) is 4.91 Å². The lowest BCUT2D eigenvalue weighted by Crippen LogP contribution is -2.34. The van der Waals surface area contributed by atoms with Crippen LogP contribution in [0, 0.1) is 5.82 Å². The van der Waals surface area contributed by atoms with Crippen LogP contribution >= 0.6 is 35.3 Å². The second-order valence-electron chi connectivity index (χ2n) is 6.70. The van der Waals surface area contributed by atoms with E-state index in [2.05, 4.69) is 10.3 Å². The van der Waals surface area contributed by atoms with E-state index < -0.39 is 0 Å². The zero-order valence-corrected chi connectivity index (χ0v) is 18.3. The third-order valence-electron chi connectivity index (χ3n) is 4.70. The number of fused-ring (bicyclic) bond motifs is 1. The van der Waals surface area contributed by atoms with E-state index in [4.69, 9.17) is 12.2 Å². The number of aromatic amines is 1. The van der Waals surface area contributed by atoms with Crippen molar-refractivity contribution in [3.63, 3.8) is 0 Å². The molecule has 30 heavy (non-hydrogen) atoms. The number of H-pyrrole nitrogens is 1. The Hall–Kier alpha value is -2.49. The normalized spacial score (nSPS) is 15.5. The molecule has 3 heterocycles. The van der Waals surface area contributed by atoms with Crippen LogP contribution in [0.3, 0.4) is 0 Å². The Morgan fingerprint density at radius 1 is 1.33 bits per heavy atom. The number of thiocarbonyl (C=S) groups is 1. The fraction of sp³-hybridized carbons (Fsp3) is 0.190. The lowest BCUT2D eigenvalue weighted by atomic mass is 10.1. The summed E-state index contributed by atoms with van der Waals surface area (Å²) in [5, 5.41) is 5.62. The van der Waals surface area contributed by atoms with Gasteiger partial charge >= 0.3 is 0 Å². The van der Waals surface area contributed by atoms with Gasteiger partial charge in [-0.1, -0.05) is 30.0 Å². The molecule has 1 aromatic carbocycles. The van der Waals surface area contributed by atoms with Gasteiger partial charge in [-0.15, -0.1) is 11.3 Å². The maximum Gasteiger partial charge on any atom is 0.266 e. The summed E-state index contributed by atoms with van der Waals surface area (Å²) in [7, 11) is 0. The SMILES string of the molecule is O=C(CCN1C(=O)/C(=C/c2cccs2)SC1=S)NCCc1c[nH]c2ccc(F)cc12. The molecule has 2 amide bonds. The molecule has 0 aliphatic carbocycles. The quantitative estimate of drug-likeness (QED) is 0.408. The molecule has 2 aromatic heterocycles. The van der Waals surface area contributed by atoms with Gasteiger partial charge in [0.25, 0.3) is 5.91 Å². The number of thiophene rings is 1. The van der Waals surface area contributed by atoms with E-state index in [0.29, 0.717) is 22.2 Å². The lowest BCUT2D eigenvalue weighted by Gasteiger charge is -2.14. The summed E-state index contributed by atoms with van der Waals surface area (Å²) in [5.74, 6) is -0.603. The fourth-order valence-electron chi connectivity index (χ4n) is 3.19. The smallest absolute Gasteiger partial charge is 0.266 e. The molecule has 0 atom stereocenters. The summed E-state index contributed by atoms with van der Waals surface area (Å²) in [6, 6.07) is 8.46. The molecule has 5 nitrogen and oxygen atoms in total. The predicted octanol–water partition coefficient (Wildman–Crippen LogP) is 4.32. The van der Waals surface area contributed by atoms with Crippen molar-refractivity contribution >= 4 is 68.4 Å². The molecule has 0 radical (unpaired) electrons. The number of nitrogens with zero attached hydrogens (tertiary/aromatic N) is 1. The highest BCUT2D eigenvalue weighted by Crippen LogP contribution is 2.33. The summed E-state index contributed by atoms with van der Waals surface area (Å²) in [6.45, 7) is 0.676. The van der Waals surface area contributed by atoms with Gasteiger partial charge in [-0.25, -0.2) is 4.39 Å². The molecular weight excluding hydrogens is 441 g/mol. The number of halogens is 1. The predicted molar refractivity (Wildman–Crippen MR) is 124 cm³/mol. The van der Waals surface area contributed by atoms with Crippen LogP contribution in [-0.4, -0.2) is 39.1 Å². The van der Waals surface area contributed by atoms with Gasteiger partial charge in [0, 0.05) is 41.5 Å². The first kappa shape index (κ1) is 20.8. The van der Waals surface area contributed by atoms with Gasteiger partial charge in [0.15, 0.2) is 0 Å². The molecule has 4 rings (SSSR count). The summed E-state index contributed by atoms with van der Waals surface area (Å²) in [6.07, 6.45) is 4.41. The number of hydrogen-bond donors (Lipinski definition) is 2. The van der Waals surface area contributed by atoms with E-state index in [0.717, 1.165) is 21.3 Å². The zero-order chi connectivity index (χ0) is 21.1. The van der Waals surface area contributed by atoms with E-state index in [1.54, 1.807) is 17.4 Å². The number of hydrogen-bond acceptors (Lipinski definition) is 5. The van der Waals surface area contributed by atoms with Gasteiger partial charge in [0.1, 0.15) is 10.1 Å². The summed E-state index contributed by atoms with van der Waals surface area (Å²) in [5.41, 5.74) is 1.81. The van der Waals surface area contributed by atoms with Crippen LogP contribution < -0.4 is 5.32 Å². The average Bonchev–Trinajstić information content (AvgIpc) is 3.42. The summed E-state index contributed by atoms with van der Waals surface area (Å²) >= 11 is 8.11. The number of benzene rings is 1. The molecule has 0 unspecified atom stereocenters. The summed E-state index contributed by atoms with van der Waals surface area (Å²) in [4.78, 5) is 30.9. The van der Waals surface area contributed by atoms with Crippen molar-refractivity contribution in [2.75, 3.05) is 13.1 Å². The first-order valence-corrected chi connectivity index (χ1v) is 11.4. The minimum absolute atomic E-state index is 0.155. The number of rotatable bonds is 7. The van der Waals surface area contributed by atoms with Gasteiger partial charge in [-0.3, -0.25) is 14.5 Å². The summed E-state index contributed by atoms with van der Waals surface area (Å²) < 4.78 is 13.9. The van der Waals surface area contributed by atoms with Crippen LogP contribution in [0.25, 0.3) is 17.0 Å². The maximum absolute atomic E-state index is 13.5. The standard InChI is InChI=1S/C21H18FN3O2S3/c22-14-3-4-17-16(10-14)13(12-24-17)5-7-23-19(26)6-8-25-20(27)18(30-21(25)28)11-15-2-1-9-29-15/h1-4,9-12,24H,5-8H2,(H,23,26)/b18-11-. The van der Waals surface area contributed by atoms with Crippen molar-refractivity contribution in [2.45, 2.75) is 12.8 Å². The topological polar surface area (TPSA) is 65.2 Å². The van der Waals surface area contributed by atoms with Gasteiger partial charge in [0.2, 0.25) is 5.91 Å². The Kier molecular flexibility index (Phi) is 6.31. The Balaban J connectivity index is 1.27. The van der Waals surface area contributed by atoms with E-state index in [1.807, 2.05) is 29.8 Å². The van der Waals surface area contributed by atoms with Crippen molar-refractivity contribution in [1.82, 2.24) is 15.2 Å². The minimum Gasteiger partial charge on any atom is -0.361 e. The van der Waals surface area contributed by atoms with Gasteiger partial charge in [-0.05, 0) is 47.7 Å². The molecule has 0 spiro atoms. The van der Waals surface area contributed by atoms with Crippen molar-refractivity contribution in [3.8, 4) is 0 Å².